The zero-order valence-electron chi connectivity index (χ0n) is 14.8. The van der Waals surface area contributed by atoms with Crippen LogP contribution in [-0.2, 0) is 0 Å². The van der Waals surface area contributed by atoms with Gasteiger partial charge in [0.05, 0.1) is 0 Å². The van der Waals surface area contributed by atoms with Crippen LogP contribution in [0.3, 0.4) is 0 Å². The van der Waals surface area contributed by atoms with Gasteiger partial charge in [-0.05, 0) is 54.8 Å². The molecule has 7 rings (SSSR count). The van der Waals surface area contributed by atoms with E-state index in [9.17, 15) is 0 Å². The molecule has 0 atom stereocenters. The van der Waals surface area contributed by atoms with E-state index in [2.05, 4.69) is 79.3 Å². The average Bonchev–Trinajstić information content (AvgIpc) is 3.06. The summed E-state index contributed by atoms with van der Waals surface area (Å²) in [5.41, 5.74) is 0. The monoisotopic (exact) mass is 375 g/mol. The number of benzene rings is 5. The van der Waals surface area contributed by atoms with E-state index in [0.29, 0.717) is 0 Å². The highest BCUT2D eigenvalue weighted by Gasteiger charge is 2.26. The van der Waals surface area contributed by atoms with Gasteiger partial charge in [-0.25, -0.2) is 0 Å². The maximum absolute atomic E-state index is 2.48. The molecule has 1 radical (unpaired) electrons. The summed E-state index contributed by atoms with van der Waals surface area (Å²) in [6.07, 6.45) is 0. The molecule has 6 aromatic rings. The van der Waals surface area contributed by atoms with Crippen LogP contribution in [0.2, 0.25) is 6.55 Å². The van der Waals surface area contributed by atoms with Crippen molar-refractivity contribution in [3.8, 4) is 0 Å². The average molecular weight is 376 g/mol. The van der Waals surface area contributed by atoms with E-state index >= 15 is 0 Å². The van der Waals surface area contributed by atoms with Crippen LogP contribution < -0.4 is 10.4 Å². The van der Waals surface area contributed by atoms with Gasteiger partial charge in [0.2, 0.25) is 0 Å². The smallest absolute Gasteiger partial charge is 0.119 e. The number of rotatable bonds is 0. The molecule has 1 aliphatic rings. The molecule has 5 aromatic carbocycles. The van der Waals surface area contributed by atoms with Crippen molar-refractivity contribution in [2.75, 3.05) is 0 Å². The Labute approximate surface area is 162 Å². The lowest BCUT2D eigenvalue weighted by Crippen LogP contribution is -2.39. The Bertz CT molecular complexity index is 1590. The maximum Gasteiger partial charge on any atom is 0.119 e. The van der Waals surface area contributed by atoms with Crippen molar-refractivity contribution in [2.45, 2.75) is 6.55 Å². The minimum Gasteiger partial charge on any atom is -0.135 e. The maximum atomic E-state index is 2.48. The Hall–Kier alpha value is -2.68. The van der Waals surface area contributed by atoms with Gasteiger partial charge in [0, 0.05) is 20.2 Å². The zero-order chi connectivity index (χ0) is 17.7. The highest BCUT2D eigenvalue weighted by atomic mass is 32.1. The van der Waals surface area contributed by atoms with E-state index in [1.54, 1.807) is 10.4 Å². The van der Waals surface area contributed by atoms with Crippen molar-refractivity contribution in [3.63, 3.8) is 0 Å². The molecule has 1 aliphatic heterocycles. The highest BCUT2D eigenvalue weighted by Crippen LogP contribution is 2.44. The minimum atomic E-state index is -0.818. The molecular formula is C25H15SSi. The lowest BCUT2D eigenvalue weighted by Gasteiger charge is -2.16. The number of fused-ring (bicyclic) bond motifs is 3. The van der Waals surface area contributed by atoms with Crippen LogP contribution in [0.5, 0.6) is 0 Å². The summed E-state index contributed by atoms with van der Waals surface area (Å²) < 4.78 is 2.86. The third kappa shape index (κ3) is 1.60. The number of hydrogen-bond acceptors (Lipinski definition) is 1. The molecule has 27 heavy (non-hydrogen) atoms. The van der Waals surface area contributed by atoms with E-state index in [4.69, 9.17) is 0 Å². The molecule has 0 saturated heterocycles. The fourth-order valence-electron chi connectivity index (χ4n) is 5.16. The molecule has 2 heterocycles. The van der Waals surface area contributed by atoms with Gasteiger partial charge in [-0.2, -0.15) is 0 Å². The SMILES string of the molecule is C[Si]1c2cccc3sc4ccc5c6ccccc6c6cccc1c6c5c4c23. The van der Waals surface area contributed by atoms with Crippen LogP contribution in [0.25, 0.3) is 52.5 Å². The van der Waals surface area contributed by atoms with Gasteiger partial charge < -0.3 is 0 Å². The van der Waals surface area contributed by atoms with E-state index in [1.165, 1.54) is 52.5 Å². The van der Waals surface area contributed by atoms with Gasteiger partial charge in [-0.3, -0.25) is 0 Å². The molecular weight excluding hydrogens is 360 g/mol. The molecule has 125 valence electrons. The second-order valence-corrected chi connectivity index (χ2v) is 11.0. The molecule has 0 unspecified atom stereocenters. The van der Waals surface area contributed by atoms with Crippen LogP contribution in [0.1, 0.15) is 0 Å². The van der Waals surface area contributed by atoms with Gasteiger partial charge in [0.15, 0.2) is 0 Å². The van der Waals surface area contributed by atoms with Crippen molar-refractivity contribution < 1.29 is 0 Å². The van der Waals surface area contributed by atoms with E-state index < -0.39 is 8.80 Å². The second-order valence-electron chi connectivity index (χ2n) is 7.54. The van der Waals surface area contributed by atoms with Crippen molar-refractivity contribution in [2.24, 2.45) is 0 Å². The van der Waals surface area contributed by atoms with Crippen molar-refractivity contribution in [3.05, 3.63) is 72.8 Å². The van der Waals surface area contributed by atoms with Gasteiger partial charge in [-0.15, -0.1) is 11.3 Å². The Morgan fingerprint density at radius 2 is 1.15 bits per heavy atom. The molecule has 0 aliphatic carbocycles. The Morgan fingerprint density at radius 3 is 1.96 bits per heavy atom. The summed E-state index contributed by atoms with van der Waals surface area (Å²) in [6.45, 7) is 2.48. The summed E-state index contributed by atoms with van der Waals surface area (Å²) in [4.78, 5) is 0. The lowest BCUT2D eigenvalue weighted by atomic mass is 9.92. The fourth-order valence-corrected chi connectivity index (χ4v) is 8.64. The molecule has 0 N–H and O–H groups in total. The standard InChI is InChI=1S/C25H15SSi/c1-27-20-10-4-8-16-14-6-2-3-7-15(14)17-12-13-19-25(23(17)22(16)20)24-18(26-19)9-5-11-21(24)27/h2-13H,1H3. The van der Waals surface area contributed by atoms with Gasteiger partial charge in [0.25, 0.3) is 0 Å². The third-order valence-corrected chi connectivity index (χ3v) is 9.86. The Morgan fingerprint density at radius 1 is 0.519 bits per heavy atom. The number of thiophene rings is 1. The van der Waals surface area contributed by atoms with Crippen LogP contribution >= 0.6 is 11.3 Å². The first-order valence-corrected chi connectivity index (χ1v) is 12.2. The summed E-state index contributed by atoms with van der Waals surface area (Å²) in [5.74, 6) is 0. The minimum absolute atomic E-state index is 0.818. The van der Waals surface area contributed by atoms with Crippen LogP contribution in [-0.4, -0.2) is 8.80 Å². The Balaban J connectivity index is 1.98. The van der Waals surface area contributed by atoms with Gasteiger partial charge >= 0.3 is 0 Å². The number of hydrogen-bond donors (Lipinski definition) is 0. The molecule has 0 bridgehead atoms. The topological polar surface area (TPSA) is 0 Å². The third-order valence-electron chi connectivity index (χ3n) is 6.29. The second kappa shape index (κ2) is 4.77. The Kier molecular flexibility index (Phi) is 2.54. The summed E-state index contributed by atoms with van der Waals surface area (Å²) in [5, 5.41) is 14.7. The summed E-state index contributed by atoms with van der Waals surface area (Å²) in [7, 11) is -0.818. The molecule has 1 aromatic heterocycles. The largest absolute Gasteiger partial charge is 0.135 e. The first-order valence-electron chi connectivity index (χ1n) is 9.38. The quantitative estimate of drug-likeness (QED) is 0.223. The van der Waals surface area contributed by atoms with Gasteiger partial charge in [-0.1, -0.05) is 67.2 Å². The normalized spacial score (nSPS) is 14.0. The van der Waals surface area contributed by atoms with E-state index in [0.717, 1.165) is 0 Å². The first kappa shape index (κ1) is 14.4. The summed E-state index contributed by atoms with van der Waals surface area (Å²) in [6, 6.07) is 27.6. The predicted octanol–water partition coefficient (Wildman–Crippen LogP) is 6.07. The molecule has 0 fully saturated rings. The van der Waals surface area contributed by atoms with Crippen molar-refractivity contribution >= 4 is 83.0 Å². The highest BCUT2D eigenvalue weighted by molar-refractivity contribution is 7.26. The molecule has 0 nitrogen and oxygen atoms in total. The lowest BCUT2D eigenvalue weighted by molar-refractivity contribution is 1.81. The molecule has 0 spiro atoms. The zero-order valence-corrected chi connectivity index (χ0v) is 16.7. The first-order chi connectivity index (χ1) is 13.3. The van der Waals surface area contributed by atoms with Crippen LogP contribution in [0.15, 0.2) is 72.8 Å². The van der Waals surface area contributed by atoms with Crippen molar-refractivity contribution in [1.29, 1.82) is 0 Å². The van der Waals surface area contributed by atoms with Crippen LogP contribution in [0, 0.1) is 0 Å². The molecule has 0 amide bonds. The summed E-state index contributed by atoms with van der Waals surface area (Å²) >= 11 is 1.95. The molecule has 2 heteroatoms. The van der Waals surface area contributed by atoms with Crippen molar-refractivity contribution in [1.82, 2.24) is 0 Å². The van der Waals surface area contributed by atoms with Gasteiger partial charge in [0.1, 0.15) is 8.80 Å². The molecule has 0 saturated carbocycles. The predicted molar refractivity (Wildman–Crippen MR) is 123 cm³/mol. The van der Waals surface area contributed by atoms with Crippen LogP contribution in [0.4, 0.5) is 0 Å². The van der Waals surface area contributed by atoms with E-state index in [-0.39, 0.29) is 0 Å². The van der Waals surface area contributed by atoms with E-state index in [1.807, 2.05) is 11.3 Å². The fraction of sp³-hybridized carbons (Fsp3) is 0.0400.